The van der Waals surface area contributed by atoms with Crippen molar-refractivity contribution in [1.29, 1.82) is 0 Å². The largest absolute Gasteiger partial charge is 0.371 e. The first kappa shape index (κ1) is 22.1. The molecule has 8 heteroatoms. The maximum absolute atomic E-state index is 11.6. The van der Waals surface area contributed by atoms with Crippen molar-refractivity contribution in [1.82, 2.24) is 14.9 Å². The Balaban J connectivity index is 0.00000240. The number of aromatic nitrogens is 2. The highest BCUT2D eigenvalue weighted by Crippen LogP contribution is 2.31. The molecule has 3 heterocycles. The van der Waals surface area contributed by atoms with Crippen molar-refractivity contribution < 1.29 is 8.42 Å². The summed E-state index contributed by atoms with van der Waals surface area (Å²) >= 11 is 0. The highest BCUT2D eigenvalue weighted by Gasteiger charge is 2.27. The maximum atomic E-state index is 11.6. The van der Waals surface area contributed by atoms with Crippen LogP contribution in [0.4, 0.5) is 5.69 Å². The topological polar surface area (TPSA) is 67.2 Å². The zero-order valence-corrected chi connectivity index (χ0v) is 18.6. The lowest BCUT2D eigenvalue weighted by Gasteiger charge is -2.31. The van der Waals surface area contributed by atoms with E-state index in [1.54, 1.807) is 0 Å². The number of hydrogen-bond donors (Lipinski definition) is 1. The molecule has 0 bridgehead atoms. The first-order chi connectivity index (χ1) is 13.6. The van der Waals surface area contributed by atoms with Gasteiger partial charge in [-0.05, 0) is 43.4 Å². The molecule has 6 nitrogen and oxygen atoms in total. The van der Waals surface area contributed by atoms with Gasteiger partial charge >= 0.3 is 0 Å². The molecule has 0 aliphatic carbocycles. The highest BCUT2D eigenvalue weighted by molar-refractivity contribution is 7.91. The van der Waals surface area contributed by atoms with Crippen LogP contribution in [0.2, 0.25) is 0 Å². The smallest absolute Gasteiger partial charge is 0.151 e. The average Bonchev–Trinajstić information content (AvgIpc) is 3.28. The van der Waals surface area contributed by atoms with Gasteiger partial charge in [-0.15, -0.1) is 12.4 Å². The van der Waals surface area contributed by atoms with Crippen LogP contribution in [-0.2, 0) is 22.8 Å². The molecule has 4 rings (SSSR count). The van der Waals surface area contributed by atoms with Gasteiger partial charge in [-0.2, -0.15) is 0 Å². The Labute approximate surface area is 180 Å². The van der Waals surface area contributed by atoms with Crippen LogP contribution in [0.3, 0.4) is 0 Å². The van der Waals surface area contributed by atoms with Gasteiger partial charge in [0.15, 0.2) is 9.84 Å². The number of fused-ring (bicyclic) bond motifs is 1. The van der Waals surface area contributed by atoms with Crippen molar-refractivity contribution in [2.75, 3.05) is 36.0 Å². The van der Waals surface area contributed by atoms with E-state index in [2.05, 4.69) is 44.9 Å². The zero-order valence-electron chi connectivity index (χ0n) is 17.0. The van der Waals surface area contributed by atoms with Crippen molar-refractivity contribution in [3.8, 4) is 11.3 Å². The summed E-state index contributed by atoms with van der Waals surface area (Å²) in [6.07, 6.45) is 8.03. The lowest BCUT2D eigenvalue weighted by Crippen LogP contribution is -2.32. The molecule has 1 saturated heterocycles. The molecule has 160 valence electrons. The Morgan fingerprint density at radius 3 is 2.90 bits per heavy atom. The summed E-state index contributed by atoms with van der Waals surface area (Å²) in [7, 11) is -2.83. The van der Waals surface area contributed by atoms with Crippen LogP contribution in [0.5, 0.6) is 0 Å². The summed E-state index contributed by atoms with van der Waals surface area (Å²) in [6, 6.07) is 6.88. The van der Waals surface area contributed by atoms with Crippen LogP contribution in [0, 0.1) is 0 Å². The first-order valence-electron chi connectivity index (χ1n) is 10.4. The number of sulfone groups is 1. The van der Waals surface area contributed by atoms with E-state index in [-0.39, 0.29) is 24.2 Å². The molecule has 1 aromatic heterocycles. The Hall–Kier alpha value is -1.57. The molecule has 0 amide bonds. The molecule has 0 spiro atoms. The minimum Gasteiger partial charge on any atom is -0.371 e. The standard InChI is InChI=1S/C21H30N4O2S.ClH/c1-2-9-24-10-3-4-17-13-18(5-6-20(17)24)21-14-22-16-25(21)11-8-23-19-7-12-28(26,27)15-19;/h5-6,13-14,16,19,23H,2-4,7-12,15H2,1H3;1H. The Morgan fingerprint density at radius 2 is 2.14 bits per heavy atom. The Bertz CT molecular complexity index is 929. The van der Waals surface area contributed by atoms with E-state index >= 15 is 0 Å². The van der Waals surface area contributed by atoms with Gasteiger partial charge in [0.05, 0.1) is 29.7 Å². The maximum Gasteiger partial charge on any atom is 0.151 e. The molecule has 2 aromatic rings. The fourth-order valence-electron chi connectivity index (χ4n) is 4.42. The van der Waals surface area contributed by atoms with Crippen LogP contribution < -0.4 is 10.2 Å². The van der Waals surface area contributed by atoms with Crippen molar-refractivity contribution >= 4 is 27.9 Å². The number of halogens is 1. The second kappa shape index (κ2) is 9.49. The van der Waals surface area contributed by atoms with Crippen molar-refractivity contribution in [3.05, 3.63) is 36.3 Å². The molecule has 0 radical (unpaired) electrons. The van der Waals surface area contributed by atoms with E-state index in [4.69, 9.17) is 0 Å². The van der Waals surface area contributed by atoms with Gasteiger partial charge in [-0.3, -0.25) is 0 Å². The minimum absolute atomic E-state index is 0. The summed E-state index contributed by atoms with van der Waals surface area (Å²) in [4.78, 5) is 6.86. The lowest BCUT2D eigenvalue weighted by atomic mass is 9.98. The second-order valence-electron chi connectivity index (χ2n) is 7.96. The van der Waals surface area contributed by atoms with Gasteiger partial charge in [0, 0.05) is 43.5 Å². The molecule has 0 saturated carbocycles. The quantitative estimate of drug-likeness (QED) is 0.719. The SMILES string of the molecule is CCCN1CCCc2cc(-c3cncn3CCNC3CCS(=O)(=O)C3)ccc21.Cl. The summed E-state index contributed by atoms with van der Waals surface area (Å²) in [5.74, 6) is 0.577. The highest BCUT2D eigenvalue weighted by atomic mass is 35.5. The molecular formula is C21H31ClN4O2S. The third kappa shape index (κ3) is 5.13. The number of benzene rings is 1. The molecule has 1 unspecified atom stereocenters. The van der Waals surface area contributed by atoms with E-state index in [9.17, 15) is 8.42 Å². The van der Waals surface area contributed by atoms with Crippen LogP contribution in [0.15, 0.2) is 30.7 Å². The van der Waals surface area contributed by atoms with Gasteiger partial charge in [0.1, 0.15) is 0 Å². The molecule has 2 aliphatic rings. The van der Waals surface area contributed by atoms with Gasteiger partial charge in [0.25, 0.3) is 0 Å². The van der Waals surface area contributed by atoms with Crippen molar-refractivity contribution in [2.45, 2.75) is 45.2 Å². The molecule has 2 aliphatic heterocycles. The van der Waals surface area contributed by atoms with Crippen molar-refractivity contribution in [3.63, 3.8) is 0 Å². The van der Waals surface area contributed by atoms with Crippen LogP contribution in [-0.4, -0.2) is 55.2 Å². The lowest BCUT2D eigenvalue weighted by molar-refractivity contribution is 0.521. The van der Waals surface area contributed by atoms with Crippen molar-refractivity contribution in [2.24, 2.45) is 0 Å². The molecule has 29 heavy (non-hydrogen) atoms. The number of imidazole rings is 1. The van der Waals surface area contributed by atoms with Gasteiger partial charge in [-0.25, -0.2) is 13.4 Å². The van der Waals surface area contributed by atoms with Gasteiger partial charge in [-0.1, -0.05) is 13.0 Å². The fraction of sp³-hybridized carbons (Fsp3) is 0.571. The summed E-state index contributed by atoms with van der Waals surface area (Å²) < 4.78 is 25.3. The first-order valence-corrected chi connectivity index (χ1v) is 12.2. The van der Waals surface area contributed by atoms with E-state index in [1.807, 2.05) is 12.5 Å². The van der Waals surface area contributed by atoms with Crippen LogP contribution in [0.25, 0.3) is 11.3 Å². The summed E-state index contributed by atoms with van der Waals surface area (Å²) in [5, 5.41) is 3.39. The number of nitrogens with one attached hydrogen (secondary N) is 1. The predicted octanol–water partition coefficient (Wildman–Crippen LogP) is 2.91. The zero-order chi connectivity index (χ0) is 19.6. The third-order valence-corrected chi connectivity index (χ3v) is 7.58. The minimum atomic E-state index is -2.83. The van der Waals surface area contributed by atoms with E-state index < -0.39 is 9.84 Å². The van der Waals surface area contributed by atoms with Gasteiger partial charge < -0.3 is 14.8 Å². The molecular weight excluding hydrogens is 408 g/mol. The van der Waals surface area contributed by atoms with E-state index in [0.717, 1.165) is 44.7 Å². The number of anilines is 1. The fourth-order valence-corrected chi connectivity index (χ4v) is 6.13. The normalized spacial score (nSPS) is 20.3. The number of hydrogen-bond acceptors (Lipinski definition) is 5. The summed E-state index contributed by atoms with van der Waals surface area (Å²) in [6.45, 7) is 6.04. The monoisotopic (exact) mass is 438 g/mol. The average molecular weight is 439 g/mol. The van der Waals surface area contributed by atoms with Crippen LogP contribution in [0.1, 0.15) is 31.7 Å². The number of aryl methyl sites for hydroxylation is 1. The number of nitrogens with zero attached hydrogens (tertiary/aromatic N) is 3. The molecule has 1 aromatic carbocycles. The third-order valence-electron chi connectivity index (χ3n) is 5.81. The van der Waals surface area contributed by atoms with E-state index in [1.165, 1.54) is 29.7 Å². The Kier molecular flexibility index (Phi) is 7.24. The van der Waals surface area contributed by atoms with E-state index in [0.29, 0.717) is 5.75 Å². The second-order valence-corrected chi connectivity index (χ2v) is 10.2. The molecule has 1 fully saturated rings. The van der Waals surface area contributed by atoms with Crippen LogP contribution >= 0.6 is 12.4 Å². The molecule has 1 N–H and O–H groups in total. The Morgan fingerprint density at radius 1 is 1.28 bits per heavy atom. The summed E-state index contributed by atoms with van der Waals surface area (Å²) in [5.41, 5.74) is 5.14. The van der Waals surface area contributed by atoms with Gasteiger partial charge in [0.2, 0.25) is 0 Å². The molecule has 1 atom stereocenters. The number of rotatable bonds is 7. The predicted molar refractivity (Wildman–Crippen MR) is 121 cm³/mol.